The van der Waals surface area contributed by atoms with Gasteiger partial charge in [-0.3, -0.25) is 4.79 Å². The van der Waals surface area contributed by atoms with E-state index in [1.165, 1.54) is 6.33 Å². The van der Waals surface area contributed by atoms with Crippen LogP contribution in [-0.2, 0) is 0 Å². The van der Waals surface area contributed by atoms with Gasteiger partial charge in [0.15, 0.2) is 0 Å². The van der Waals surface area contributed by atoms with Gasteiger partial charge in [-0.2, -0.15) is 0 Å². The van der Waals surface area contributed by atoms with Gasteiger partial charge in [-0.15, -0.1) is 0 Å². The third-order valence-electron chi connectivity index (χ3n) is 1.42. The van der Waals surface area contributed by atoms with E-state index in [9.17, 15) is 4.79 Å². The van der Waals surface area contributed by atoms with E-state index >= 15 is 0 Å². The van der Waals surface area contributed by atoms with Crippen LogP contribution in [0.3, 0.4) is 0 Å². The van der Waals surface area contributed by atoms with Crippen molar-refractivity contribution in [2.45, 2.75) is 0 Å². The molecule has 0 aliphatic rings. The zero-order chi connectivity index (χ0) is 7.84. The van der Waals surface area contributed by atoms with Crippen molar-refractivity contribution in [2.75, 3.05) is 0 Å². The molecule has 4 nitrogen and oxygen atoms in total. The van der Waals surface area contributed by atoms with Gasteiger partial charge in [0.2, 0.25) is 0 Å². The van der Waals surface area contributed by atoms with Crippen LogP contribution in [0.2, 0.25) is 0 Å². The molecule has 2 aromatic rings. The van der Waals surface area contributed by atoms with Gasteiger partial charge in [-0.05, 0) is 15.9 Å². The minimum atomic E-state index is -0.152. The van der Waals surface area contributed by atoms with Crippen LogP contribution in [0.1, 0.15) is 0 Å². The maximum atomic E-state index is 11.0. The van der Waals surface area contributed by atoms with Crippen molar-refractivity contribution in [1.29, 1.82) is 0 Å². The largest absolute Gasteiger partial charge is 0.354 e. The van der Waals surface area contributed by atoms with Crippen LogP contribution in [0.5, 0.6) is 0 Å². The summed E-state index contributed by atoms with van der Waals surface area (Å²) in [5.41, 5.74) is 1.01. The lowest BCUT2D eigenvalue weighted by Gasteiger charge is -1.85. The summed E-state index contributed by atoms with van der Waals surface area (Å²) in [7, 11) is 0. The SMILES string of the molecule is O=c1[nH]cnc2c(Br)c[nH]c12. The number of aromatic amines is 2. The van der Waals surface area contributed by atoms with Crippen LogP contribution in [0.4, 0.5) is 0 Å². The number of H-pyrrole nitrogens is 2. The molecule has 0 aliphatic heterocycles. The Labute approximate surface area is 69.8 Å². The summed E-state index contributed by atoms with van der Waals surface area (Å²) in [6.45, 7) is 0. The lowest BCUT2D eigenvalue weighted by Crippen LogP contribution is -2.05. The van der Waals surface area contributed by atoms with Gasteiger partial charge in [0.25, 0.3) is 5.56 Å². The van der Waals surface area contributed by atoms with Crippen molar-refractivity contribution in [3.05, 3.63) is 27.4 Å². The molecule has 0 atom stereocenters. The monoisotopic (exact) mass is 213 g/mol. The second kappa shape index (κ2) is 2.20. The van der Waals surface area contributed by atoms with E-state index in [1.54, 1.807) is 6.20 Å². The van der Waals surface area contributed by atoms with Crippen molar-refractivity contribution in [1.82, 2.24) is 15.0 Å². The number of fused-ring (bicyclic) bond motifs is 1. The van der Waals surface area contributed by atoms with Gasteiger partial charge in [0.05, 0.1) is 10.8 Å². The molecule has 2 N–H and O–H groups in total. The van der Waals surface area contributed by atoms with Crippen LogP contribution in [0.15, 0.2) is 21.8 Å². The molecule has 0 amide bonds. The van der Waals surface area contributed by atoms with E-state index in [-0.39, 0.29) is 5.56 Å². The second-order valence-corrected chi connectivity index (χ2v) is 2.95. The number of aromatic nitrogens is 3. The molecule has 56 valence electrons. The fourth-order valence-corrected chi connectivity index (χ4v) is 1.33. The normalized spacial score (nSPS) is 10.6. The summed E-state index contributed by atoms with van der Waals surface area (Å²) < 4.78 is 0.804. The summed E-state index contributed by atoms with van der Waals surface area (Å²) in [5, 5.41) is 0. The molecule has 0 saturated heterocycles. The molecule has 2 aromatic heterocycles. The molecule has 0 fully saturated rings. The first kappa shape index (κ1) is 6.60. The van der Waals surface area contributed by atoms with Crippen LogP contribution in [0, 0.1) is 0 Å². The molecule has 11 heavy (non-hydrogen) atoms. The van der Waals surface area contributed by atoms with E-state index in [2.05, 4.69) is 30.9 Å². The van der Waals surface area contributed by atoms with Gasteiger partial charge in [0.1, 0.15) is 11.0 Å². The standard InChI is InChI=1S/C6H4BrN3O/c7-3-1-8-5-4(3)9-2-10-6(5)11/h1-2,8H,(H,9,10,11). The van der Waals surface area contributed by atoms with Crippen molar-refractivity contribution >= 4 is 27.0 Å². The molecule has 0 saturated carbocycles. The van der Waals surface area contributed by atoms with Crippen LogP contribution >= 0.6 is 15.9 Å². The number of rotatable bonds is 0. The average Bonchev–Trinajstić information content (AvgIpc) is 2.35. The molecular formula is C6H4BrN3O. The molecule has 0 spiro atoms. The average molecular weight is 214 g/mol. The third kappa shape index (κ3) is 0.883. The Kier molecular flexibility index (Phi) is 1.32. The number of nitrogens with zero attached hydrogens (tertiary/aromatic N) is 1. The summed E-state index contributed by atoms with van der Waals surface area (Å²) in [6, 6.07) is 0. The van der Waals surface area contributed by atoms with E-state index < -0.39 is 0 Å². The highest BCUT2D eigenvalue weighted by molar-refractivity contribution is 9.10. The van der Waals surface area contributed by atoms with E-state index in [4.69, 9.17) is 0 Å². The van der Waals surface area contributed by atoms with Gasteiger partial charge < -0.3 is 9.97 Å². The molecule has 2 rings (SSSR count). The third-order valence-corrected chi connectivity index (χ3v) is 2.03. The molecular weight excluding hydrogens is 210 g/mol. The van der Waals surface area contributed by atoms with Crippen molar-refractivity contribution in [3.63, 3.8) is 0 Å². The van der Waals surface area contributed by atoms with Gasteiger partial charge in [-0.1, -0.05) is 0 Å². The minimum absolute atomic E-state index is 0.152. The summed E-state index contributed by atoms with van der Waals surface area (Å²) >= 11 is 3.25. The quantitative estimate of drug-likeness (QED) is 0.687. The predicted octanol–water partition coefficient (Wildman–Crippen LogP) is 1.01. The lowest BCUT2D eigenvalue weighted by atomic mass is 10.5. The molecule has 0 unspecified atom stereocenters. The van der Waals surface area contributed by atoms with Gasteiger partial charge >= 0.3 is 0 Å². The summed E-state index contributed by atoms with van der Waals surface area (Å²) in [5.74, 6) is 0. The highest BCUT2D eigenvalue weighted by Gasteiger charge is 2.03. The smallest absolute Gasteiger partial charge is 0.275 e. The second-order valence-electron chi connectivity index (χ2n) is 2.09. The highest BCUT2D eigenvalue weighted by atomic mass is 79.9. The topological polar surface area (TPSA) is 61.5 Å². The van der Waals surface area contributed by atoms with Crippen LogP contribution < -0.4 is 5.56 Å². The molecule has 0 aromatic carbocycles. The Morgan fingerprint density at radius 2 is 2.27 bits per heavy atom. The molecule has 2 heterocycles. The maximum absolute atomic E-state index is 11.0. The molecule has 0 radical (unpaired) electrons. The Balaban J connectivity index is 3.06. The lowest BCUT2D eigenvalue weighted by molar-refractivity contribution is 1.16. The Morgan fingerprint density at radius 3 is 3.00 bits per heavy atom. The predicted molar refractivity (Wildman–Crippen MR) is 44.4 cm³/mol. The van der Waals surface area contributed by atoms with E-state index in [0.29, 0.717) is 11.0 Å². The van der Waals surface area contributed by atoms with Gasteiger partial charge in [0, 0.05) is 6.20 Å². The highest BCUT2D eigenvalue weighted by Crippen LogP contribution is 2.17. The number of halogens is 1. The first-order chi connectivity index (χ1) is 5.29. The number of hydrogen-bond donors (Lipinski definition) is 2. The van der Waals surface area contributed by atoms with Crippen LogP contribution in [-0.4, -0.2) is 15.0 Å². The van der Waals surface area contributed by atoms with Crippen molar-refractivity contribution in [2.24, 2.45) is 0 Å². The van der Waals surface area contributed by atoms with Crippen molar-refractivity contribution in [3.8, 4) is 0 Å². The Morgan fingerprint density at radius 1 is 1.45 bits per heavy atom. The maximum Gasteiger partial charge on any atom is 0.275 e. The van der Waals surface area contributed by atoms with Gasteiger partial charge in [-0.25, -0.2) is 4.98 Å². The van der Waals surface area contributed by atoms with Crippen LogP contribution in [0.25, 0.3) is 11.0 Å². The molecule has 5 heteroatoms. The van der Waals surface area contributed by atoms with E-state index in [1.807, 2.05) is 0 Å². The fraction of sp³-hybridized carbons (Fsp3) is 0. The zero-order valence-corrected chi connectivity index (χ0v) is 6.97. The van der Waals surface area contributed by atoms with Crippen molar-refractivity contribution < 1.29 is 0 Å². The molecule has 0 bridgehead atoms. The Hall–Kier alpha value is -1.10. The molecule has 0 aliphatic carbocycles. The zero-order valence-electron chi connectivity index (χ0n) is 5.39. The Bertz CT molecular complexity index is 444. The summed E-state index contributed by atoms with van der Waals surface area (Å²) in [4.78, 5) is 20.3. The first-order valence-electron chi connectivity index (χ1n) is 2.99. The van der Waals surface area contributed by atoms with E-state index in [0.717, 1.165) is 4.47 Å². The number of hydrogen-bond acceptors (Lipinski definition) is 2. The minimum Gasteiger partial charge on any atom is -0.354 e. The fourth-order valence-electron chi connectivity index (χ4n) is 0.919. The summed E-state index contributed by atoms with van der Waals surface area (Å²) in [6.07, 6.45) is 3.07. The first-order valence-corrected chi connectivity index (χ1v) is 3.78. The number of nitrogens with one attached hydrogen (secondary N) is 2.